The van der Waals surface area contributed by atoms with Gasteiger partial charge in [0, 0.05) is 38.8 Å². The lowest BCUT2D eigenvalue weighted by Gasteiger charge is -2.22. The van der Waals surface area contributed by atoms with E-state index in [2.05, 4.69) is 9.47 Å². The number of amides is 3. The van der Waals surface area contributed by atoms with Gasteiger partial charge in [-0.25, -0.2) is 14.4 Å². The second kappa shape index (κ2) is 17.9. The monoisotopic (exact) mass is 421 g/mol. The average molecular weight is 422 g/mol. The summed E-state index contributed by atoms with van der Waals surface area (Å²) in [4.78, 5) is 37.2. The van der Waals surface area contributed by atoms with Crippen molar-refractivity contribution in [2.75, 3.05) is 41.5 Å². The van der Waals surface area contributed by atoms with Crippen LogP contribution in [-0.2, 0) is 14.2 Å². The third-order valence-corrected chi connectivity index (χ3v) is 3.94. The van der Waals surface area contributed by atoms with Crippen LogP contribution in [0.3, 0.4) is 0 Å². The summed E-state index contributed by atoms with van der Waals surface area (Å²) in [6, 6.07) is 0.633. The number of nitrogens with zero attached hydrogens (tertiary/aromatic N) is 3. The van der Waals surface area contributed by atoms with Gasteiger partial charge in [-0.3, -0.25) is 0 Å². The van der Waals surface area contributed by atoms with Crippen LogP contribution in [0.4, 0.5) is 14.4 Å². The average Bonchev–Trinajstić information content (AvgIpc) is 2.67. The summed E-state index contributed by atoms with van der Waals surface area (Å²) >= 11 is 0. The van der Waals surface area contributed by atoms with Crippen LogP contribution < -0.4 is 0 Å². The van der Waals surface area contributed by atoms with Crippen LogP contribution in [0.2, 0.25) is 0 Å². The lowest BCUT2D eigenvalue weighted by atomic mass is 10.3. The van der Waals surface area contributed by atoms with E-state index in [0.29, 0.717) is 13.2 Å². The van der Waals surface area contributed by atoms with Crippen LogP contribution in [0.1, 0.15) is 55.4 Å². The summed E-state index contributed by atoms with van der Waals surface area (Å²) in [5.41, 5.74) is 0. The Labute approximate surface area is 177 Å². The molecule has 0 saturated heterocycles. The molecule has 0 unspecified atom stereocenters. The van der Waals surface area contributed by atoms with Crippen molar-refractivity contribution in [3.05, 3.63) is 0 Å². The van der Waals surface area contributed by atoms with Gasteiger partial charge in [0.1, 0.15) is 0 Å². The van der Waals surface area contributed by atoms with E-state index in [1.165, 1.54) is 19.1 Å². The zero-order valence-corrected chi connectivity index (χ0v) is 20.4. The summed E-state index contributed by atoms with van der Waals surface area (Å²) < 4.78 is 13.8. The Morgan fingerprint density at radius 1 is 0.690 bits per heavy atom. The molecule has 9 heteroatoms. The quantitative estimate of drug-likeness (QED) is 0.622. The maximum Gasteiger partial charge on any atom is 0.409 e. The van der Waals surface area contributed by atoms with Gasteiger partial charge in [-0.15, -0.1) is 0 Å². The van der Waals surface area contributed by atoms with Crippen molar-refractivity contribution in [1.82, 2.24) is 14.7 Å². The van der Waals surface area contributed by atoms with Crippen molar-refractivity contribution in [2.45, 2.75) is 73.5 Å². The molecule has 0 aliphatic rings. The highest BCUT2D eigenvalue weighted by Gasteiger charge is 2.14. The van der Waals surface area contributed by atoms with Crippen LogP contribution in [0.15, 0.2) is 0 Å². The van der Waals surface area contributed by atoms with Gasteiger partial charge in [0.2, 0.25) is 0 Å². The molecular formula is C20H43N3O6. The summed E-state index contributed by atoms with van der Waals surface area (Å²) in [7, 11) is 6.20. The molecule has 0 aromatic heterocycles. The standard InChI is InChI=1S/2C7H15NO2.C6H13NO2/c1-5-8(6(2)3)7(9)10-4;1-5-10-7(9)8(4)6(2)3;1-5(2)7(3)6(8)9-4/h2*6H,5H2,1-4H3;5H,1-4H3. The zero-order valence-electron chi connectivity index (χ0n) is 20.4. The first-order chi connectivity index (χ1) is 13.3. The van der Waals surface area contributed by atoms with Crippen LogP contribution in [0, 0.1) is 0 Å². The number of methoxy groups -OCH3 is 2. The largest absolute Gasteiger partial charge is 0.453 e. The van der Waals surface area contributed by atoms with E-state index in [0.717, 1.165) is 0 Å². The number of rotatable bonds is 5. The Bertz CT molecular complexity index is 453. The SMILES string of the molecule is CCN(C(=O)OC)C(C)C.CCOC(=O)N(C)C(C)C.COC(=O)N(C)C(C)C. The molecule has 9 nitrogen and oxygen atoms in total. The minimum atomic E-state index is -0.287. The molecule has 0 aliphatic carbocycles. The molecule has 0 atom stereocenters. The molecule has 29 heavy (non-hydrogen) atoms. The number of hydrogen-bond donors (Lipinski definition) is 0. The smallest absolute Gasteiger partial charge is 0.409 e. The zero-order chi connectivity index (χ0) is 23.7. The van der Waals surface area contributed by atoms with Crippen LogP contribution in [0.5, 0.6) is 0 Å². The van der Waals surface area contributed by atoms with Gasteiger partial charge in [-0.05, 0) is 55.4 Å². The number of ether oxygens (including phenoxy) is 3. The lowest BCUT2D eigenvalue weighted by molar-refractivity contribution is 0.107. The van der Waals surface area contributed by atoms with E-state index in [1.54, 1.807) is 30.8 Å². The molecule has 0 saturated carbocycles. The van der Waals surface area contributed by atoms with Crippen molar-refractivity contribution in [3.63, 3.8) is 0 Å². The van der Waals surface area contributed by atoms with E-state index in [4.69, 9.17) is 4.74 Å². The van der Waals surface area contributed by atoms with Gasteiger partial charge in [-0.2, -0.15) is 0 Å². The first kappa shape index (κ1) is 31.5. The molecule has 0 heterocycles. The summed E-state index contributed by atoms with van der Waals surface area (Å²) in [6.07, 6.45) is -0.792. The lowest BCUT2D eigenvalue weighted by Crippen LogP contribution is -2.36. The van der Waals surface area contributed by atoms with Crippen molar-refractivity contribution < 1.29 is 28.6 Å². The van der Waals surface area contributed by atoms with Gasteiger partial charge in [0.05, 0.1) is 20.8 Å². The minimum Gasteiger partial charge on any atom is -0.453 e. The first-order valence-corrected chi connectivity index (χ1v) is 9.86. The molecule has 3 amide bonds. The topological polar surface area (TPSA) is 88.6 Å². The Hall–Kier alpha value is -2.19. The fourth-order valence-electron chi connectivity index (χ4n) is 1.61. The number of hydrogen-bond acceptors (Lipinski definition) is 6. The molecule has 0 aromatic carbocycles. The van der Waals surface area contributed by atoms with E-state index >= 15 is 0 Å². The summed E-state index contributed by atoms with van der Waals surface area (Å²) in [5, 5.41) is 0. The molecule has 0 radical (unpaired) electrons. The maximum absolute atomic E-state index is 10.9. The molecule has 0 spiro atoms. The van der Waals surface area contributed by atoms with E-state index in [9.17, 15) is 14.4 Å². The predicted octanol–water partition coefficient (Wildman–Crippen LogP) is 4.06. The van der Waals surface area contributed by atoms with Gasteiger partial charge in [0.25, 0.3) is 0 Å². The Balaban J connectivity index is -0.000000350. The van der Waals surface area contributed by atoms with Crippen molar-refractivity contribution in [1.29, 1.82) is 0 Å². The Morgan fingerprint density at radius 3 is 1.24 bits per heavy atom. The van der Waals surface area contributed by atoms with Gasteiger partial charge in [0.15, 0.2) is 0 Å². The Kier molecular flexibility index (Phi) is 19.4. The van der Waals surface area contributed by atoms with Crippen molar-refractivity contribution in [2.24, 2.45) is 0 Å². The van der Waals surface area contributed by atoms with E-state index in [-0.39, 0.29) is 36.4 Å². The fraction of sp³-hybridized carbons (Fsp3) is 0.850. The molecule has 0 aliphatic heterocycles. The predicted molar refractivity (Wildman–Crippen MR) is 115 cm³/mol. The molecule has 0 bridgehead atoms. The number of carbonyl (C=O) groups excluding carboxylic acids is 3. The molecule has 174 valence electrons. The highest BCUT2D eigenvalue weighted by molar-refractivity contribution is 5.68. The van der Waals surface area contributed by atoms with Crippen LogP contribution in [-0.4, -0.2) is 92.6 Å². The van der Waals surface area contributed by atoms with E-state index < -0.39 is 0 Å². The van der Waals surface area contributed by atoms with Gasteiger partial charge >= 0.3 is 18.3 Å². The first-order valence-electron chi connectivity index (χ1n) is 9.86. The molecular weight excluding hydrogens is 378 g/mol. The highest BCUT2D eigenvalue weighted by Crippen LogP contribution is 1.99. The minimum absolute atomic E-state index is 0.206. The normalized spacial score (nSPS) is 9.62. The van der Waals surface area contributed by atoms with Crippen LogP contribution >= 0.6 is 0 Å². The maximum atomic E-state index is 10.9. The molecule has 0 fully saturated rings. The van der Waals surface area contributed by atoms with Crippen molar-refractivity contribution in [3.8, 4) is 0 Å². The van der Waals surface area contributed by atoms with E-state index in [1.807, 2.05) is 48.5 Å². The summed E-state index contributed by atoms with van der Waals surface area (Å²) in [5.74, 6) is 0. The molecule has 0 aromatic rings. The fourth-order valence-corrected chi connectivity index (χ4v) is 1.61. The highest BCUT2D eigenvalue weighted by atomic mass is 16.6. The molecule has 0 N–H and O–H groups in total. The van der Waals surface area contributed by atoms with Crippen LogP contribution in [0.25, 0.3) is 0 Å². The summed E-state index contributed by atoms with van der Waals surface area (Å²) in [6.45, 7) is 16.5. The van der Waals surface area contributed by atoms with Crippen molar-refractivity contribution >= 4 is 18.3 Å². The second-order valence-electron chi connectivity index (χ2n) is 6.93. The molecule has 0 rings (SSSR count). The van der Waals surface area contributed by atoms with Gasteiger partial charge in [-0.1, -0.05) is 0 Å². The second-order valence-corrected chi connectivity index (χ2v) is 6.93. The number of carbonyl (C=O) groups is 3. The Morgan fingerprint density at radius 2 is 1.07 bits per heavy atom. The third-order valence-electron chi connectivity index (χ3n) is 3.94. The van der Waals surface area contributed by atoms with Gasteiger partial charge < -0.3 is 28.9 Å². The third kappa shape index (κ3) is 15.4.